The maximum atomic E-state index is 10.8. The van der Waals surface area contributed by atoms with Gasteiger partial charge in [0.25, 0.3) is 5.69 Å². The van der Waals surface area contributed by atoms with Crippen molar-refractivity contribution in [2.24, 2.45) is 5.10 Å². The van der Waals surface area contributed by atoms with E-state index in [4.69, 9.17) is 0 Å². The zero-order valence-electron chi connectivity index (χ0n) is 10.4. The van der Waals surface area contributed by atoms with Crippen LogP contribution in [0.1, 0.15) is 13.8 Å². The van der Waals surface area contributed by atoms with Gasteiger partial charge in [-0.3, -0.25) is 25.7 Å². The van der Waals surface area contributed by atoms with Crippen molar-refractivity contribution in [2.75, 3.05) is 5.43 Å². The molecule has 0 saturated carbocycles. The summed E-state index contributed by atoms with van der Waals surface area (Å²) in [6.45, 7) is 3.64. The summed E-state index contributed by atoms with van der Waals surface area (Å²) in [5.41, 5.74) is 2.72. The summed E-state index contributed by atoms with van der Waals surface area (Å²) in [5, 5.41) is 25.2. The van der Waals surface area contributed by atoms with E-state index in [0.29, 0.717) is 0 Å². The Morgan fingerprint density at radius 3 is 2.53 bits per heavy atom. The number of rotatable bonds is 5. The molecule has 0 aliphatic carbocycles. The first-order valence-electron chi connectivity index (χ1n) is 5.30. The molecule has 0 amide bonds. The maximum absolute atomic E-state index is 10.8. The standard InChI is InChI=1S/C11H12N4O4/c1-3-8(2)7-12-13-10-5-4-9(14(16)17)6-11(10)15(18)19/h3-7,13H,1-2H3. The third kappa shape index (κ3) is 3.87. The average Bonchev–Trinajstić information content (AvgIpc) is 2.38. The van der Waals surface area contributed by atoms with E-state index >= 15 is 0 Å². The lowest BCUT2D eigenvalue weighted by Crippen LogP contribution is -1.98. The van der Waals surface area contributed by atoms with Crippen molar-refractivity contribution in [3.05, 3.63) is 50.1 Å². The molecule has 0 bridgehead atoms. The second kappa shape index (κ2) is 6.24. The van der Waals surface area contributed by atoms with Crippen LogP contribution in [-0.4, -0.2) is 16.1 Å². The molecule has 8 nitrogen and oxygen atoms in total. The van der Waals surface area contributed by atoms with Crippen LogP contribution >= 0.6 is 0 Å². The van der Waals surface area contributed by atoms with E-state index in [1.54, 1.807) is 0 Å². The molecular formula is C11H12N4O4. The molecule has 1 N–H and O–H groups in total. The first kappa shape index (κ1) is 14.3. The van der Waals surface area contributed by atoms with Gasteiger partial charge in [0, 0.05) is 12.3 Å². The minimum Gasteiger partial charge on any atom is -0.272 e. The fourth-order valence-corrected chi connectivity index (χ4v) is 1.16. The van der Waals surface area contributed by atoms with Gasteiger partial charge in [0.1, 0.15) is 5.69 Å². The normalized spacial score (nSPS) is 11.6. The first-order valence-corrected chi connectivity index (χ1v) is 5.30. The second-order valence-electron chi connectivity index (χ2n) is 3.62. The second-order valence-corrected chi connectivity index (χ2v) is 3.62. The Morgan fingerprint density at radius 1 is 1.32 bits per heavy atom. The van der Waals surface area contributed by atoms with Gasteiger partial charge < -0.3 is 0 Å². The van der Waals surface area contributed by atoms with Crippen LogP contribution in [-0.2, 0) is 0 Å². The van der Waals surface area contributed by atoms with Crippen molar-refractivity contribution in [3.63, 3.8) is 0 Å². The van der Waals surface area contributed by atoms with Crippen molar-refractivity contribution in [1.29, 1.82) is 0 Å². The highest BCUT2D eigenvalue weighted by Crippen LogP contribution is 2.28. The van der Waals surface area contributed by atoms with Gasteiger partial charge in [-0.2, -0.15) is 5.10 Å². The number of nitro groups is 2. The number of hydrogen-bond donors (Lipinski definition) is 1. The molecule has 100 valence electrons. The van der Waals surface area contributed by atoms with Crippen LogP contribution in [0.5, 0.6) is 0 Å². The molecule has 19 heavy (non-hydrogen) atoms. The smallest absolute Gasteiger partial charge is 0.272 e. The summed E-state index contributed by atoms with van der Waals surface area (Å²) in [7, 11) is 0. The predicted octanol–water partition coefficient (Wildman–Crippen LogP) is 2.87. The highest BCUT2D eigenvalue weighted by Gasteiger charge is 2.18. The molecule has 1 aromatic carbocycles. The largest absolute Gasteiger partial charge is 0.301 e. The number of non-ortho nitro benzene ring substituents is 1. The molecule has 0 aliphatic rings. The van der Waals surface area contributed by atoms with Crippen molar-refractivity contribution in [3.8, 4) is 0 Å². The molecule has 0 fully saturated rings. The van der Waals surface area contributed by atoms with Crippen LogP contribution in [0.3, 0.4) is 0 Å². The molecule has 0 heterocycles. The Labute approximate surface area is 108 Å². The molecule has 0 spiro atoms. The molecule has 0 aliphatic heterocycles. The van der Waals surface area contributed by atoms with E-state index in [-0.39, 0.29) is 11.4 Å². The molecule has 1 aromatic rings. The lowest BCUT2D eigenvalue weighted by atomic mass is 10.2. The third-order valence-corrected chi connectivity index (χ3v) is 2.30. The summed E-state index contributed by atoms with van der Waals surface area (Å²) in [5.74, 6) is 0. The highest BCUT2D eigenvalue weighted by atomic mass is 16.6. The number of nitrogens with one attached hydrogen (secondary N) is 1. The lowest BCUT2D eigenvalue weighted by Gasteiger charge is -2.01. The summed E-state index contributed by atoms with van der Waals surface area (Å²) in [6.07, 6.45) is 3.31. The minimum atomic E-state index is -0.701. The van der Waals surface area contributed by atoms with Gasteiger partial charge in [-0.25, -0.2) is 0 Å². The van der Waals surface area contributed by atoms with Crippen LogP contribution in [0.2, 0.25) is 0 Å². The van der Waals surface area contributed by atoms with E-state index in [1.807, 2.05) is 19.9 Å². The number of allylic oxidation sites excluding steroid dienone is 2. The number of hydrogen-bond acceptors (Lipinski definition) is 6. The Morgan fingerprint density at radius 2 is 2.00 bits per heavy atom. The van der Waals surface area contributed by atoms with Crippen molar-refractivity contribution in [2.45, 2.75) is 13.8 Å². The number of nitrogens with zero attached hydrogens (tertiary/aromatic N) is 3. The first-order chi connectivity index (χ1) is 8.95. The van der Waals surface area contributed by atoms with Crippen LogP contribution in [0.25, 0.3) is 0 Å². The molecular weight excluding hydrogens is 252 g/mol. The monoisotopic (exact) mass is 264 g/mol. The summed E-state index contributed by atoms with van der Waals surface area (Å²) < 4.78 is 0. The Balaban J connectivity index is 3.04. The highest BCUT2D eigenvalue weighted by molar-refractivity contribution is 5.78. The minimum absolute atomic E-state index is 0.0933. The molecule has 0 unspecified atom stereocenters. The molecule has 0 atom stereocenters. The Bertz CT molecular complexity index is 566. The average molecular weight is 264 g/mol. The van der Waals surface area contributed by atoms with E-state index in [0.717, 1.165) is 11.6 Å². The van der Waals surface area contributed by atoms with Gasteiger partial charge in [-0.1, -0.05) is 6.08 Å². The Hall–Kier alpha value is -2.77. The maximum Gasteiger partial charge on any atom is 0.301 e. The fourth-order valence-electron chi connectivity index (χ4n) is 1.16. The van der Waals surface area contributed by atoms with Gasteiger partial charge in [-0.05, 0) is 25.5 Å². The van der Waals surface area contributed by atoms with E-state index in [1.165, 1.54) is 18.3 Å². The number of anilines is 1. The third-order valence-electron chi connectivity index (χ3n) is 2.30. The number of nitro benzene ring substituents is 2. The number of benzene rings is 1. The molecule has 0 aromatic heterocycles. The van der Waals surface area contributed by atoms with Crippen LogP contribution in [0, 0.1) is 20.2 Å². The Kier molecular flexibility index (Phi) is 4.69. The molecule has 8 heteroatoms. The van der Waals surface area contributed by atoms with E-state index < -0.39 is 15.5 Å². The lowest BCUT2D eigenvalue weighted by molar-refractivity contribution is -0.393. The quantitative estimate of drug-likeness (QED) is 0.499. The fraction of sp³-hybridized carbons (Fsp3) is 0.182. The van der Waals surface area contributed by atoms with E-state index in [2.05, 4.69) is 10.5 Å². The van der Waals surface area contributed by atoms with Gasteiger partial charge in [0.05, 0.1) is 15.9 Å². The number of hydrazone groups is 1. The predicted molar refractivity (Wildman–Crippen MR) is 71.3 cm³/mol. The van der Waals surface area contributed by atoms with Crippen LogP contribution < -0.4 is 5.43 Å². The van der Waals surface area contributed by atoms with Gasteiger partial charge in [0.2, 0.25) is 0 Å². The van der Waals surface area contributed by atoms with Crippen molar-refractivity contribution < 1.29 is 9.85 Å². The van der Waals surface area contributed by atoms with Gasteiger partial charge in [0.15, 0.2) is 0 Å². The topological polar surface area (TPSA) is 111 Å². The molecule has 0 saturated heterocycles. The zero-order valence-corrected chi connectivity index (χ0v) is 10.4. The van der Waals surface area contributed by atoms with E-state index in [9.17, 15) is 20.2 Å². The molecule has 1 rings (SSSR count). The SMILES string of the molecule is CC=C(C)C=NNc1ccc([N+](=O)[O-])cc1[N+](=O)[O-]. The zero-order chi connectivity index (χ0) is 14.4. The summed E-state index contributed by atoms with van der Waals surface area (Å²) >= 11 is 0. The van der Waals surface area contributed by atoms with Crippen molar-refractivity contribution in [1.82, 2.24) is 0 Å². The van der Waals surface area contributed by atoms with Gasteiger partial charge in [-0.15, -0.1) is 0 Å². The summed E-state index contributed by atoms with van der Waals surface area (Å²) in [6, 6.07) is 3.31. The molecule has 0 radical (unpaired) electrons. The van der Waals surface area contributed by atoms with Crippen molar-refractivity contribution >= 4 is 23.3 Å². The van der Waals surface area contributed by atoms with Gasteiger partial charge >= 0.3 is 5.69 Å². The summed E-state index contributed by atoms with van der Waals surface area (Å²) in [4.78, 5) is 20.0. The van der Waals surface area contributed by atoms with Crippen LogP contribution in [0.15, 0.2) is 34.9 Å². The van der Waals surface area contributed by atoms with Crippen LogP contribution in [0.4, 0.5) is 17.1 Å².